The van der Waals surface area contributed by atoms with Gasteiger partial charge < -0.3 is 18.7 Å². The van der Waals surface area contributed by atoms with Crippen molar-refractivity contribution in [2.45, 2.75) is 26.2 Å². The van der Waals surface area contributed by atoms with E-state index in [2.05, 4.69) is 214 Å². The summed E-state index contributed by atoms with van der Waals surface area (Å²) in [7, 11) is 2.42. The second kappa shape index (κ2) is 13.9. The van der Waals surface area contributed by atoms with E-state index in [1.807, 2.05) is 17.4 Å². The maximum absolute atomic E-state index is 6.99. The molecule has 6 heteroatoms. The highest BCUT2D eigenvalue weighted by molar-refractivity contribution is 7.25. The van der Waals surface area contributed by atoms with Crippen LogP contribution in [-0.4, -0.2) is 11.8 Å². The maximum atomic E-state index is 6.99. The van der Waals surface area contributed by atoms with Crippen LogP contribution < -0.4 is 16.2 Å². The van der Waals surface area contributed by atoms with Crippen LogP contribution in [-0.2, 0) is 5.41 Å². The van der Waals surface area contributed by atoms with E-state index in [4.69, 9.17) is 8.83 Å². The number of aromatic nitrogens is 1. The fraction of sp³-hybridized carbons (Fsp3) is 0.0667. The van der Waals surface area contributed by atoms with Gasteiger partial charge in [-0.25, -0.2) is 0 Å². The molecular weight excluding hydrogens is 824 g/mol. The van der Waals surface area contributed by atoms with Gasteiger partial charge in [-0.3, -0.25) is 0 Å². The first kappa shape index (κ1) is 37.6. The lowest BCUT2D eigenvalue weighted by molar-refractivity contribution is 0.590. The molecule has 9 aromatic carbocycles. The van der Waals surface area contributed by atoms with Crippen LogP contribution in [0.4, 0.5) is 11.4 Å². The maximum Gasteiger partial charge on any atom is 0.197 e. The number of furan rings is 2. The minimum Gasteiger partial charge on any atom is -0.456 e. The van der Waals surface area contributed by atoms with Crippen molar-refractivity contribution in [3.8, 4) is 39.5 Å². The van der Waals surface area contributed by atoms with Gasteiger partial charge in [-0.15, -0.1) is 11.3 Å². The minimum atomic E-state index is 0.0504. The van der Waals surface area contributed by atoms with Crippen molar-refractivity contribution in [2.24, 2.45) is 0 Å². The lowest BCUT2D eigenvalue weighted by atomic mass is 9.58. The summed E-state index contributed by atoms with van der Waals surface area (Å²) in [6.07, 6.45) is 0. The standard InChI is InChI=1S/C60H40BN2O2S/c1-60(2,3)36-22-24-37(25-23-36)62-49-33-53-44(38-18-10-12-20-52(38)64-53)28-42(49)40-26-27-41-43-32-55-45(39-19-11-13-21-54(39)66-55)30-50(43)63-51-31-47-46(29-48(51)61-56(40)57(41)63)58(34-14-6-4-7-15-34)65-59(47)35-16-8-5-9-17-35/h4-33,62H,1-3H3. The molecule has 1 N–H and O–H groups in total. The topological polar surface area (TPSA) is 43.2 Å². The summed E-state index contributed by atoms with van der Waals surface area (Å²) in [6.45, 7) is 6.77. The van der Waals surface area contributed by atoms with Gasteiger partial charge in [-0.05, 0) is 70.5 Å². The lowest BCUT2D eigenvalue weighted by Gasteiger charge is -2.24. The first-order valence-corrected chi connectivity index (χ1v) is 23.5. The summed E-state index contributed by atoms with van der Waals surface area (Å²) in [5.74, 6) is 1.74. The molecule has 1 aliphatic rings. The van der Waals surface area contributed by atoms with Crippen LogP contribution in [0.2, 0.25) is 0 Å². The Balaban J connectivity index is 1.07. The van der Waals surface area contributed by atoms with Crippen molar-refractivity contribution < 1.29 is 8.83 Å². The average molecular weight is 864 g/mol. The van der Waals surface area contributed by atoms with E-state index in [1.165, 1.54) is 53.0 Å². The van der Waals surface area contributed by atoms with Crippen LogP contribution in [0.15, 0.2) is 191 Å². The first-order chi connectivity index (χ1) is 32.3. The molecule has 311 valence electrons. The third kappa shape index (κ3) is 5.58. The van der Waals surface area contributed by atoms with E-state index < -0.39 is 0 Å². The van der Waals surface area contributed by atoms with Gasteiger partial charge in [0.05, 0.1) is 11.2 Å². The summed E-state index contributed by atoms with van der Waals surface area (Å²) in [4.78, 5) is 0. The SMILES string of the molecule is CC(C)(C)c1ccc(Nc2cc3oc4ccccc4c3cc2-c2ccc3c4cc5sc6ccccc6c5cc4n4c3c2[B]c2cc3c(-c5ccccc5)oc(-c5ccccc5)c3cc2-4)cc1. The van der Waals surface area contributed by atoms with E-state index in [0.29, 0.717) is 0 Å². The third-order valence-electron chi connectivity index (χ3n) is 13.8. The van der Waals surface area contributed by atoms with Gasteiger partial charge in [0.25, 0.3) is 0 Å². The smallest absolute Gasteiger partial charge is 0.197 e. The molecule has 5 heterocycles. The Labute approximate surface area is 385 Å². The van der Waals surface area contributed by atoms with Crippen LogP contribution in [0.5, 0.6) is 0 Å². The molecule has 4 nitrogen and oxygen atoms in total. The van der Waals surface area contributed by atoms with Crippen LogP contribution >= 0.6 is 11.3 Å². The highest BCUT2D eigenvalue weighted by Crippen LogP contribution is 2.46. The molecule has 0 amide bonds. The van der Waals surface area contributed by atoms with Crippen LogP contribution in [0, 0.1) is 0 Å². The zero-order chi connectivity index (χ0) is 43.8. The number of hydrogen-bond donors (Lipinski definition) is 1. The molecule has 13 aromatic rings. The minimum absolute atomic E-state index is 0.0504. The van der Waals surface area contributed by atoms with Gasteiger partial charge >= 0.3 is 0 Å². The molecule has 0 unspecified atom stereocenters. The van der Waals surface area contributed by atoms with E-state index in [1.54, 1.807) is 0 Å². The number of thiophene rings is 1. The molecule has 4 aromatic heterocycles. The van der Waals surface area contributed by atoms with Crippen LogP contribution in [0.1, 0.15) is 26.3 Å². The van der Waals surface area contributed by atoms with Gasteiger partial charge in [0.1, 0.15) is 22.7 Å². The molecule has 66 heavy (non-hydrogen) atoms. The molecule has 0 spiro atoms. The molecule has 14 rings (SSSR count). The summed E-state index contributed by atoms with van der Waals surface area (Å²) in [6, 6.07) is 65.9. The van der Waals surface area contributed by atoms with Crippen molar-refractivity contribution in [3.63, 3.8) is 0 Å². The van der Waals surface area contributed by atoms with E-state index >= 15 is 0 Å². The van der Waals surface area contributed by atoms with E-state index in [9.17, 15) is 0 Å². The second-order valence-electron chi connectivity index (χ2n) is 18.8. The van der Waals surface area contributed by atoms with Crippen molar-refractivity contribution in [3.05, 3.63) is 188 Å². The monoisotopic (exact) mass is 863 g/mol. The summed E-state index contributed by atoms with van der Waals surface area (Å²) in [5.41, 5.74) is 15.3. The van der Waals surface area contributed by atoms with E-state index in [0.717, 1.165) is 89.0 Å². The Morgan fingerprint density at radius 1 is 0.500 bits per heavy atom. The molecule has 0 saturated carbocycles. The quantitative estimate of drug-likeness (QED) is 0.175. The van der Waals surface area contributed by atoms with Gasteiger partial charge in [0.2, 0.25) is 0 Å². The third-order valence-corrected chi connectivity index (χ3v) is 14.9. The number of hydrogen-bond acceptors (Lipinski definition) is 4. The predicted molar refractivity (Wildman–Crippen MR) is 280 cm³/mol. The molecule has 1 radical (unpaired) electrons. The molecule has 1 aliphatic heterocycles. The molecule has 0 fully saturated rings. The highest BCUT2D eigenvalue weighted by atomic mass is 32.1. The Morgan fingerprint density at radius 2 is 1.20 bits per heavy atom. The van der Waals surface area contributed by atoms with Crippen LogP contribution in [0.25, 0.3) is 114 Å². The number of nitrogens with one attached hydrogen (secondary N) is 1. The fourth-order valence-electron chi connectivity index (χ4n) is 10.6. The highest BCUT2D eigenvalue weighted by Gasteiger charge is 2.30. The zero-order valence-corrected chi connectivity index (χ0v) is 37.4. The Bertz CT molecular complexity index is 4130. The Kier molecular flexibility index (Phi) is 7.89. The van der Waals surface area contributed by atoms with Gasteiger partial charge in [0.15, 0.2) is 7.28 Å². The molecule has 0 saturated heterocycles. The van der Waals surface area contributed by atoms with Gasteiger partial charge in [0, 0.05) is 92.1 Å². The second-order valence-corrected chi connectivity index (χ2v) is 19.8. The largest absolute Gasteiger partial charge is 0.456 e. The Hall–Kier alpha value is -7.80. The number of anilines is 2. The number of nitrogens with zero attached hydrogens (tertiary/aromatic N) is 1. The van der Waals surface area contributed by atoms with E-state index in [-0.39, 0.29) is 5.41 Å². The lowest BCUT2D eigenvalue weighted by Crippen LogP contribution is -2.37. The normalized spacial score (nSPS) is 12.6. The number of para-hydroxylation sites is 1. The van der Waals surface area contributed by atoms with Crippen molar-refractivity contribution >= 4 is 116 Å². The van der Waals surface area contributed by atoms with Crippen LogP contribution in [0.3, 0.4) is 0 Å². The predicted octanol–water partition coefficient (Wildman–Crippen LogP) is 15.8. The number of fused-ring (bicyclic) bond motifs is 12. The molecule has 0 aliphatic carbocycles. The van der Waals surface area contributed by atoms with Crippen molar-refractivity contribution in [2.75, 3.05) is 5.32 Å². The van der Waals surface area contributed by atoms with Crippen molar-refractivity contribution in [1.82, 2.24) is 4.57 Å². The van der Waals surface area contributed by atoms with Gasteiger partial charge in [-0.1, -0.05) is 154 Å². The fourth-order valence-corrected chi connectivity index (χ4v) is 11.7. The zero-order valence-electron chi connectivity index (χ0n) is 36.6. The Morgan fingerprint density at radius 3 is 1.95 bits per heavy atom. The molecule has 0 bridgehead atoms. The summed E-state index contributed by atoms with van der Waals surface area (Å²) >= 11 is 1.87. The number of rotatable bonds is 5. The van der Waals surface area contributed by atoms with Gasteiger partial charge in [-0.2, -0.15) is 0 Å². The molecule has 0 atom stereocenters. The summed E-state index contributed by atoms with van der Waals surface area (Å²) < 4.78 is 18.7. The number of benzene rings is 9. The summed E-state index contributed by atoms with van der Waals surface area (Å²) in [5, 5.41) is 13.3. The molecular formula is C60H40BN2O2S. The first-order valence-electron chi connectivity index (χ1n) is 22.6. The van der Waals surface area contributed by atoms with Crippen molar-refractivity contribution in [1.29, 1.82) is 0 Å². The average Bonchev–Trinajstić information content (AvgIpc) is 4.10.